The van der Waals surface area contributed by atoms with Crippen molar-refractivity contribution in [2.45, 2.75) is 30.1 Å². The van der Waals surface area contributed by atoms with E-state index < -0.39 is 0 Å². The number of rotatable bonds is 2. The maximum atomic E-state index is 12.5. The predicted molar refractivity (Wildman–Crippen MR) is 97.0 cm³/mol. The van der Waals surface area contributed by atoms with Gasteiger partial charge in [-0.05, 0) is 56.1 Å². The maximum Gasteiger partial charge on any atom is 0.169 e. The van der Waals surface area contributed by atoms with Crippen molar-refractivity contribution in [3.63, 3.8) is 0 Å². The van der Waals surface area contributed by atoms with Gasteiger partial charge < -0.3 is 14.4 Å². The SMILES string of the molecule is COc1ccc2c(c1OC)C1=CC(=O)[C@H](Br)C[C@@]13CCN(C)[C@@H]3C2. The van der Waals surface area contributed by atoms with E-state index >= 15 is 0 Å². The second-order valence-electron chi connectivity index (χ2n) is 7.07. The molecule has 1 fully saturated rings. The van der Waals surface area contributed by atoms with Gasteiger partial charge in [0.15, 0.2) is 17.3 Å². The Labute approximate surface area is 150 Å². The van der Waals surface area contributed by atoms with Gasteiger partial charge in [0.1, 0.15) is 0 Å². The first-order valence-corrected chi connectivity index (χ1v) is 9.28. The fourth-order valence-electron chi connectivity index (χ4n) is 4.89. The van der Waals surface area contributed by atoms with Crippen molar-refractivity contribution in [3.8, 4) is 11.5 Å². The van der Waals surface area contributed by atoms with Gasteiger partial charge in [0, 0.05) is 17.0 Å². The van der Waals surface area contributed by atoms with Crippen LogP contribution in [-0.4, -0.2) is 49.4 Å². The second kappa shape index (κ2) is 5.60. The number of halogens is 1. The zero-order valence-corrected chi connectivity index (χ0v) is 15.9. The van der Waals surface area contributed by atoms with Crippen molar-refractivity contribution >= 4 is 27.3 Å². The molecule has 0 amide bonds. The minimum absolute atomic E-state index is 0.0173. The van der Waals surface area contributed by atoms with E-state index in [1.165, 1.54) is 5.56 Å². The molecule has 0 unspecified atom stereocenters. The summed E-state index contributed by atoms with van der Waals surface area (Å²) < 4.78 is 11.2. The number of nitrogens with zero attached hydrogens (tertiary/aromatic N) is 1. The molecule has 1 spiro atoms. The first kappa shape index (κ1) is 16.2. The number of likely N-dealkylation sites (tertiary alicyclic amines) is 1. The lowest BCUT2D eigenvalue weighted by Crippen LogP contribution is -2.47. The van der Waals surface area contributed by atoms with E-state index in [1.807, 2.05) is 12.1 Å². The third kappa shape index (κ3) is 2.04. The van der Waals surface area contributed by atoms with Crippen molar-refractivity contribution in [2.24, 2.45) is 5.41 Å². The highest BCUT2D eigenvalue weighted by Gasteiger charge is 2.55. The average Bonchev–Trinajstić information content (AvgIpc) is 2.89. The summed E-state index contributed by atoms with van der Waals surface area (Å²) in [6.45, 7) is 1.06. The standard InChI is InChI=1S/C19H22BrNO3/c1-21-7-6-19-10-13(20)14(22)9-12(19)17-11(8-16(19)21)4-5-15(23-2)18(17)24-3/h4-5,9,13,16H,6-8,10H2,1-3H3/t13-,16-,19+/m1/s1. The van der Waals surface area contributed by atoms with Crippen LogP contribution in [0, 0.1) is 5.41 Å². The molecule has 4 rings (SSSR count). The molecule has 1 aliphatic heterocycles. The molecule has 2 aliphatic carbocycles. The smallest absolute Gasteiger partial charge is 0.169 e. The average molecular weight is 392 g/mol. The van der Waals surface area contributed by atoms with Crippen LogP contribution in [-0.2, 0) is 11.2 Å². The van der Waals surface area contributed by atoms with Crippen LogP contribution >= 0.6 is 15.9 Å². The van der Waals surface area contributed by atoms with Crippen molar-refractivity contribution < 1.29 is 14.3 Å². The van der Waals surface area contributed by atoms with Gasteiger partial charge in [-0.2, -0.15) is 0 Å². The van der Waals surface area contributed by atoms with Crippen LogP contribution in [0.4, 0.5) is 0 Å². The minimum Gasteiger partial charge on any atom is -0.493 e. The normalized spacial score (nSPS) is 31.8. The third-order valence-electron chi connectivity index (χ3n) is 6.07. The predicted octanol–water partition coefficient (Wildman–Crippen LogP) is 3.07. The molecule has 1 aromatic rings. The molecule has 1 heterocycles. The summed E-state index contributed by atoms with van der Waals surface area (Å²) in [7, 11) is 5.53. The Morgan fingerprint density at radius 1 is 1.29 bits per heavy atom. The number of allylic oxidation sites excluding steroid dienone is 1. The summed E-state index contributed by atoms with van der Waals surface area (Å²) >= 11 is 3.60. The van der Waals surface area contributed by atoms with Gasteiger partial charge in [-0.1, -0.05) is 22.0 Å². The number of ether oxygens (including phenoxy) is 2. The van der Waals surface area contributed by atoms with Crippen LogP contribution in [0.2, 0.25) is 0 Å². The third-order valence-corrected chi connectivity index (χ3v) is 6.85. The quantitative estimate of drug-likeness (QED) is 0.726. The molecule has 0 N–H and O–H groups in total. The van der Waals surface area contributed by atoms with E-state index in [4.69, 9.17) is 9.47 Å². The summed E-state index contributed by atoms with van der Waals surface area (Å²) in [6, 6.07) is 4.53. The molecule has 0 aromatic heterocycles. The first-order valence-electron chi connectivity index (χ1n) is 8.36. The van der Waals surface area contributed by atoms with Gasteiger partial charge >= 0.3 is 0 Å². The van der Waals surface area contributed by atoms with Crippen LogP contribution < -0.4 is 9.47 Å². The zero-order chi connectivity index (χ0) is 17.1. The number of benzene rings is 1. The molecule has 5 heteroatoms. The van der Waals surface area contributed by atoms with Crippen LogP contribution in [0.25, 0.3) is 5.57 Å². The van der Waals surface area contributed by atoms with E-state index in [0.29, 0.717) is 6.04 Å². The van der Waals surface area contributed by atoms with Gasteiger partial charge in [-0.25, -0.2) is 0 Å². The van der Waals surface area contributed by atoms with Gasteiger partial charge in [-0.15, -0.1) is 0 Å². The Balaban J connectivity index is 2.00. The van der Waals surface area contributed by atoms with Gasteiger partial charge in [0.25, 0.3) is 0 Å². The van der Waals surface area contributed by atoms with Crippen molar-refractivity contribution in [1.29, 1.82) is 0 Å². The lowest BCUT2D eigenvalue weighted by molar-refractivity contribution is -0.114. The Morgan fingerprint density at radius 3 is 2.79 bits per heavy atom. The summed E-state index contributed by atoms with van der Waals surface area (Å²) in [4.78, 5) is 14.8. The summed E-state index contributed by atoms with van der Waals surface area (Å²) in [5.74, 6) is 1.64. The Bertz CT molecular complexity index is 744. The lowest BCUT2D eigenvalue weighted by atomic mass is 9.60. The highest BCUT2D eigenvalue weighted by atomic mass is 79.9. The number of likely N-dealkylation sites (N-methyl/N-ethyl adjacent to an activating group) is 1. The van der Waals surface area contributed by atoms with Crippen LogP contribution in [0.1, 0.15) is 24.0 Å². The molecule has 4 nitrogen and oxygen atoms in total. The summed E-state index contributed by atoms with van der Waals surface area (Å²) in [5.41, 5.74) is 3.49. The fourth-order valence-corrected chi connectivity index (χ4v) is 5.60. The number of fused-ring (bicyclic) bond motifs is 2. The van der Waals surface area contributed by atoms with E-state index in [2.05, 4.69) is 33.9 Å². The molecule has 3 aliphatic rings. The summed E-state index contributed by atoms with van der Waals surface area (Å²) in [6.07, 6.45) is 4.77. The molecule has 0 saturated carbocycles. The zero-order valence-electron chi connectivity index (χ0n) is 14.3. The van der Waals surface area contributed by atoms with Crippen molar-refractivity contribution in [2.75, 3.05) is 27.8 Å². The van der Waals surface area contributed by atoms with E-state index in [1.54, 1.807) is 14.2 Å². The first-order chi connectivity index (χ1) is 11.5. The molecule has 1 aromatic carbocycles. The Kier molecular flexibility index (Phi) is 3.77. The number of carbonyl (C=O) groups is 1. The molecule has 3 atom stereocenters. The monoisotopic (exact) mass is 391 g/mol. The highest BCUT2D eigenvalue weighted by molar-refractivity contribution is 9.10. The van der Waals surface area contributed by atoms with Crippen LogP contribution in [0.3, 0.4) is 0 Å². The number of carbonyl (C=O) groups excluding carboxylic acids is 1. The number of hydrogen-bond donors (Lipinski definition) is 0. The molecule has 128 valence electrons. The number of ketones is 1. The molecule has 0 bridgehead atoms. The fraction of sp³-hybridized carbons (Fsp3) is 0.526. The minimum atomic E-state index is -0.0894. The molecule has 24 heavy (non-hydrogen) atoms. The number of methoxy groups -OCH3 is 2. The van der Waals surface area contributed by atoms with Gasteiger partial charge in [0.2, 0.25) is 0 Å². The Morgan fingerprint density at radius 2 is 2.08 bits per heavy atom. The van der Waals surface area contributed by atoms with E-state index in [-0.39, 0.29) is 16.0 Å². The van der Waals surface area contributed by atoms with Crippen LogP contribution in [0.15, 0.2) is 18.2 Å². The number of hydrogen-bond acceptors (Lipinski definition) is 4. The highest BCUT2D eigenvalue weighted by Crippen LogP contribution is 2.60. The topological polar surface area (TPSA) is 38.8 Å². The van der Waals surface area contributed by atoms with E-state index in [9.17, 15) is 4.79 Å². The van der Waals surface area contributed by atoms with Gasteiger partial charge in [-0.3, -0.25) is 4.79 Å². The van der Waals surface area contributed by atoms with Crippen molar-refractivity contribution in [3.05, 3.63) is 29.3 Å². The van der Waals surface area contributed by atoms with Gasteiger partial charge in [0.05, 0.1) is 19.0 Å². The molecule has 1 saturated heterocycles. The maximum absolute atomic E-state index is 12.5. The second-order valence-corrected chi connectivity index (χ2v) is 8.18. The molecular formula is C19H22BrNO3. The van der Waals surface area contributed by atoms with E-state index in [0.717, 1.165) is 48.4 Å². The van der Waals surface area contributed by atoms with Crippen molar-refractivity contribution in [1.82, 2.24) is 4.90 Å². The summed E-state index contributed by atoms with van der Waals surface area (Å²) in [5, 5.41) is 0. The number of alkyl halides is 1. The lowest BCUT2D eigenvalue weighted by Gasteiger charge is -2.47. The largest absolute Gasteiger partial charge is 0.493 e. The molecule has 0 radical (unpaired) electrons. The Hall–Kier alpha value is -1.33. The molecular weight excluding hydrogens is 370 g/mol. The van der Waals surface area contributed by atoms with Crippen LogP contribution in [0.5, 0.6) is 11.5 Å².